The van der Waals surface area contributed by atoms with Crippen LogP contribution in [0.1, 0.15) is 39.7 Å². The van der Waals surface area contributed by atoms with Crippen molar-refractivity contribution >= 4 is 33.2 Å². The van der Waals surface area contributed by atoms with Crippen molar-refractivity contribution in [3.05, 3.63) is 28.8 Å². The van der Waals surface area contributed by atoms with Gasteiger partial charge in [-0.3, -0.25) is 9.10 Å². The number of halogens is 1. The normalized spacial score (nSPS) is 14.3. The van der Waals surface area contributed by atoms with E-state index in [1.807, 2.05) is 27.7 Å². The van der Waals surface area contributed by atoms with Crippen LogP contribution in [0.15, 0.2) is 18.2 Å². The molecule has 0 saturated carbocycles. The van der Waals surface area contributed by atoms with Crippen LogP contribution in [0.2, 0.25) is 5.02 Å². The standard InChI is InChI=1S/C17H27ClN2O3S/c1-7-16(17(21)19-13(5)11(2)3)20(24(6,22)23)14-9-8-12(4)15(18)10-14/h8-11,13,16H,7H2,1-6H3,(H,19,21)/t13-,16-/m0/s1. The van der Waals surface area contributed by atoms with Gasteiger partial charge in [-0.25, -0.2) is 8.42 Å². The maximum absolute atomic E-state index is 12.7. The minimum atomic E-state index is -3.65. The Morgan fingerprint density at radius 3 is 2.29 bits per heavy atom. The summed E-state index contributed by atoms with van der Waals surface area (Å²) in [7, 11) is -3.65. The molecule has 0 aliphatic carbocycles. The molecule has 136 valence electrons. The first-order valence-electron chi connectivity index (χ1n) is 8.05. The number of aryl methyl sites for hydroxylation is 1. The van der Waals surface area contributed by atoms with Gasteiger partial charge in [-0.2, -0.15) is 0 Å². The average Bonchev–Trinajstić information content (AvgIpc) is 2.46. The predicted molar refractivity (Wildman–Crippen MR) is 100 cm³/mol. The lowest BCUT2D eigenvalue weighted by molar-refractivity contribution is -0.123. The number of hydrogen-bond donors (Lipinski definition) is 1. The summed E-state index contributed by atoms with van der Waals surface area (Å²) >= 11 is 6.14. The lowest BCUT2D eigenvalue weighted by atomic mass is 10.1. The van der Waals surface area contributed by atoms with Gasteiger partial charge in [0.2, 0.25) is 15.9 Å². The van der Waals surface area contributed by atoms with Crippen LogP contribution < -0.4 is 9.62 Å². The summed E-state index contributed by atoms with van der Waals surface area (Å²) < 4.78 is 25.9. The molecular formula is C17H27ClN2O3S. The first kappa shape index (κ1) is 20.8. The number of hydrogen-bond acceptors (Lipinski definition) is 3. The van der Waals surface area contributed by atoms with Crippen LogP contribution in [-0.4, -0.2) is 32.7 Å². The highest BCUT2D eigenvalue weighted by atomic mass is 35.5. The van der Waals surface area contributed by atoms with Crippen LogP contribution in [0, 0.1) is 12.8 Å². The molecule has 24 heavy (non-hydrogen) atoms. The number of benzene rings is 1. The quantitative estimate of drug-likeness (QED) is 0.795. The first-order chi connectivity index (χ1) is 11.0. The number of sulfonamides is 1. The number of carbonyl (C=O) groups is 1. The van der Waals surface area contributed by atoms with Gasteiger partial charge in [0.05, 0.1) is 11.9 Å². The van der Waals surface area contributed by atoms with Gasteiger partial charge in [0.1, 0.15) is 6.04 Å². The summed E-state index contributed by atoms with van der Waals surface area (Å²) in [5.74, 6) is -0.0484. The third-order valence-corrected chi connectivity index (χ3v) is 5.70. The monoisotopic (exact) mass is 374 g/mol. The van der Waals surface area contributed by atoms with Crippen LogP contribution in [0.3, 0.4) is 0 Å². The Labute approximate surface area is 150 Å². The molecule has 1 aromatic rings. The first-order valence-corrected chi connectivity index (χ1v) is 10.3. The SMILES string of the molecule is CC[C@@H](C(=O)N[C@@H](C)C(C)C)N(c1ccc(C)c(Cl)c1)S(C)(=O)=O. The van der Waals surface area contributed by atoms with Crippen molar-refractivity contribution in [3.8, 4) is 0 Å². The van der Waals surface area contributed by atoms with Crippen molar-refractivity contribution < 1.29 is 13.2 Å². The predicted octanol–water partition coefficient (Wildman–Crippen LogP) is 3.35. The number of nitrogens with zero attached hydrogens (tertiary/aromatic N) is 1. The maximum atomic E-state index is 12.7. The highest BCUT2D eigenvalue weighted by Crippen LogP contribution is 2.27. The molecule has 0 heterocycles. The second-order valence-electron chi connectivity index (χ2n) is 6.46. The molecule has 0 unspecified atom stereocenters. The fourth-order valence-electron chi connectivity index (χ4n) is 2.27. The van der Waals surface area contributed by atoms with Crippen molar-refractivity contribution in [2.45, 2.75) is 53.1 Å². The number of rotatable bonds is 7. The molecule has 0 spiro atoms. The van der Waals surface area contributed by atoms with Gasteiger partial charge in [0, 0.05) is 11.1 Å². The third-order valence-electron chi connectivity index (χ3n) is 4.11. The Balaban J connectivity index is 3.27. The lowest BCUT2D eigenvalue weighted by Gasteiger charge is -2.31. The molecule has 0 radical (unpaired) electrons. The molecule has 1 amide bonds. The highest BCUT2D eigenvalue weighted by molar-refractivity contribution is 7.92. The molecule has 1 N–H and O–H groups in total. The third kappa shape index (κ3) is 5.11. The highest BCUT2D eigenvalue weighted by Gasteiger charge is 2.32. The van der Waals surface area contributed by atoms with Gasteiger partial charge in [0.25, 0.3) is 0 Å². The van der Waals surface area contributed by atoms with E-state index in [9.17, 15) is 13.2 Å². The van der Waals surface area contributed by atoms with Crippen LogP contribution in [0.5, 0.6) is 0 Å². The number of anilines is 1. The van der Waals surface area contributed by atoms with Crippen LogP contribution in [-0.2, 0) is 14.8 Å². The Morgan fingerprint density at radius 2 is 1.88 bits per heavy atom. The molecule has 0 aliphatic rings. The molecular weight excluding hydrogens is 348 g/mol. The van der Waals surface area contributed by atoms with E-state index in [-0.39, 0.29) is 17.9 Å². The zero-order valence-corrected chi connectivity index (χ0v) is 16.7. The van der Waals surface area contributed by atoms with Gasteiger partial charge in [-0.15, -0.1) is 0 Å². The van der Waals surface area contributed by atoms with Crippen LogP contribution >= 0.6 is 11.6 Å². The van der Waals surface area contributed by atoms with E-state index in [0.29, 0.717) is 17.1 Å². The lowest BCUT2D eigenvalue weighted by Crippen LogP contribution is -2.52. The van der Waals surface area contributed by atoms with Gasteiger partial charge in [-0.1, -0.05) is 38.4 Å². The molecule has 0 bridgehead atoms. The Kier molecular flexibility index (Phi) is 7.10. The second-order valence-corrected chi connectivity index (χ2v) is 8.72. The van der Waals surface area contributed by atoms with Crippen molar-refractivity contribution in [1.82, 2.24) is 5.32 Å². The van der Waals surface area contributed by atoms with Crippen molar-refractivity contribution in [2.24, 2.45) is 5.92 Å². The summed E-state index contributed by atoms with van der Waals surface area (Å²) in [6, 6.07) is 4.13. The van der Waals surface area contributed by atoms with Gasteiger partial charge in [-0.05, 0) is 43.9 Å². The largest absolute Gasteiger partial charge is 0.352 e. The van der Waals surface area contributed by atoms with E-state index < -0.39 is 16.1 Å². The van der Waals surface area contributed by atoms with E-state index in [0.717, 1.165) is 16.1 Å². The smallest absolute Gasteiger partial charge is 0.244 e. The molecule has 0 fully saturated rings. The summed E-state index contributed by atoms with van der Waals surface area (Å²) in [6.07, 6.45) is 1.46. The van der Waals surface area contributed by atoms with E-state index in [4.69, 9.17) is 11.6 Å². The van der Waals surface area contributed by atoms with Crippen LogP contribution in [0.25, 0.3) is 0 Å². The fraction of sp³-hybridized carbons (Fsp3) is 0.588. The molecule has 0 aliphatic heterocycles. The van der Waals surface area contributed by atoms with E-state index in [1.165, 1.54) is 0 Å². The fourth-order valence-corrected chi connectivity index (χ4v) is 3.64. The number of amides is 1. The number of carbonyl (C=O) groups excluding carboxylic acids is 1. The molecule has 0 aromatic heterocycles. The van der Waals surface area contributed by atoms with Gasteiger partial charge in [0.15, 0.2) is 0 Å². The molecule has 2 atom stereocenters. The van der Waals surface area contributed by atoms with E-state index in [2.05, 4.69) is 5.32 Å². The minimum absolute atomic E-state index is 0.0467. The zero-order chi connectivity index (χ0) is 18.7. The summed E-state index contributed by atoms with van der Waals surface area (Å²) in [5.41, 5.74) is 1.24. The molecule has 5 nitrogen and oxygen atoms in total. The molecule has 1 rings (SSSR count). The van der Waals surface area contributed by atoms with Gasteiger partial charge < -0.3 is 5.32 Å². The molecule has 0 saturated heterocycles. The van der Waals surface area contributed by atoms with E-state index >= 15 is 0 Å². The number of nitrogens with one attached hydrogen (secondary N) is 1. The van der Waals surface area contributed by atoms with Crippen molar-refractivity contribution in [1.29, 1.82) is 0 Å². The Hall–Kier alpha value is -1.27. The van der Waals surface area contributed by atoms with Crippen LogP contribution in [0.4, 0.5) is 5.69 Å². The summed E-state index contributed by atoms with van der Waals surface area (Å²) in [6.45, 7) is 9.53. The zero-order valence-electron chi connectivity index (χ0n) is 15.1. The minimum Gasteiger partial charge on any atom is -0.352 e. The molecule has 7 heteroatoms. The maximum Gasteiger partial charge on any atom is 0.244 e. The van der Waals surface area contributed by atoms with Crippen molar-refractivity contribution in [2.75, 3.05) is 10.6 Å². The van der Waals surface area contributed by atoms with Crippen molar-refractivity contribution in [3.63, 3.8) is 0 Å². The Morgan fingerprint density at radius 1 is 1.29 bits per heavy atom. The summed E-state index contributed by atoms with van der Waals surface area (Å²) in [5, 5.41) is 3.37. The average molecular weight is 375 g/mol. The Bertz CT molecular complexity index is 689. The topological polar surface area (TPSA) is 66.5 Å². The van der Waals surface area contributed by atoms with E-state index in [1.54, 1.807) is 25.1 Å². The second kappa shape index (κ2) is 8.21. The van der Waals surface area contributed by atoms with Gasteiger partial charge >= 0.3 is 0 Å². The molecule has 1 aromatic carbocycles. The summed E-state index contributed by atoms with van der Waals surface area (Å²) in [4.78, 5) is 12.7.